The van der Waals surface area contributed by atoms with Gasteiger partial charge in [0, 0.05) is 11.1 Å². The Balaban J connectivity index is 1.82. The number of nitrogens with zero attached hydrogens (tertiary/aromatic N) is 3. The van der Waals surface area contributed by atoms with Crippen LogP contribution in [0.1, 0.15) is 11.1 Å². The quantitative estimate of drug-likeness (QED) is 0.693. The first-order valence-electron chi connectivity index (χ1n) is 8.79. The molecule has 0 unspecified atom stereocenters. The van der Waals surface area contributed by atoms with Gasteiger partial charge in [-0.15, -0.1) is 5.10 Å². The number of rotatable bonds is 4. The van der Waals surface area contributed by atoms with E-state index in [0.29, 0.717) is 28.3 Å². The summed E-state index contributed by atoms with van der Waals surface area (Å²) in [5.41, 5.74) is 0.0222. The van der Waals surface area contributed by atoms with Gasteiger partial charge in [-0.25, -0.2) is 13.8 Å². The Bertz CT molecular complexity index is 1320. The van der Waals surface area contributed by atoms with Gasteiger partial charge in [0.25, 0.3) is 5.56 Å². The second-order valence-corrected chi connectivity index (χ2v) is 6.33. The smallest absolute Gasteiger partial charge is 0.335 e. The number of allylic oxidation sites excluding steroid dienone is 1. The highest BCUT2D eigenvalue weighted by Crippen LogP contribution is 2.23. The Morgan fingerprint density at radius 1 is 1.10 bits per heavy atom. The number of ether oxygens (including phenoxy) is 1. The van der Waals surface area contributed by atoms with Crippen LogP contribution in [0.5, 0.6) is 11.6 Å². The van der Waals surface area contributed by atoms with Crippen molar-refractivity contribution < 1.29 is 14.2 Å². The Kier molecular flexibility index (Phi) is 4.85. The fourth-order valence-electron chi connectivity index (χ4n) is 3.00. The summed E-state index contributed by atoms with van der Waals surface area (Å²) in [7, 11) is 1.51. The number of aromatic amines is 1. The van der Waals surface area contributed by atoms with Crippen molar-refractivity contribution in [3.8, 4) is 17.3 Å². The molecule has 0 radical (unpaired) electrons. The Morgan fingerprint density at radius 3 is 2.47 bits per heavy atom. The fourth-order valence-corrected chi connectivity index (χ4v) is 3.00. The Hall–Kier alpha value is -4.27. The number of benzene rings is 2. The second kappa shape index (κ2) is 7.63. The number of halogens is 1. The van der Waals surface area contributed by atoms with Crippen LogP contribution in [0.3, 0.4) is 0 Å². The molecule has 4 rings (SSSR count). The van der Waals surface area contributed by atoms with Crippen LogP contribution in [0, 0.1) is 5.82 Å². The van der Waals surface area contributed by atoms with E-state index >= 15 is 0 Å². The molecular weight excluding hydrogens is 391 g/mol. The SMILES string of the molecule is COc1ccc(-n2c(O)c(C=C3C=NN=C3c3ccc(F)cc3)c(=O)[nH]c2=O)cc1. The summed E-state index contributed by atoms with van der Waals surface area (Å²) in [6.07, 6.45) is 2.77. The molecule has 1 aromatic heterocycles. The number of H-pyrrole nitrogens is 1. The first kappa shape index (κ1) is 19.1. The Labute approximate surface area is 168 Å². The van der Waals surface area contributed by atoms with E-state index in [0.717, 1.165) is 4.57 Å². The molecular formula is C21H15FN4O4. The normalized spacial score (nSPS) is 14.2. The summed E-state index contributed by atoms with van der Waals surface area (Å²) < 4.78 is 19.3. The van der Waals surface area contributed by atoms with E-state index in [1.54, 1.807) is 24.3 Å². The molecule has 1 aliphatic rings. The standard InChI is InChI=1S/C21H15FN4O4/c1-30-16-8-6-15(7-9-16)26-20(28)17(19(27)24-21(26)29)10-13-11-23-25-18(13)12-2-4-14(22)5-3-12/h2-11,28H,1H3,(H,24,27,29). The second-order valence-electron chi connectivity index (χ2n) is 6.33. The number of hydrogen-bond acceptors (Lipinski definition) is 6. The minimum absolute atomic E-state index is 0.149. The maximum atomic E-state index is 13.2. The average Bonchev–Trinajstić information content (AvgIpc) is 3.20. The summed E-state index contributed by atoms with van der Waals surface area (Å²) in [5.74, 6) is -0.370. The third-order valence-electron chi connectivity index (χ3n) is 4.50. The Morgan fingerprint density at radius 2 is 1.80 bits per heavy atom. The molecule has 0 fully saturated rings. The van der Waals surface area contributed by atoms with Crippen molar-refractivity contribution in [3.63, 3.8) is 0 Å². The largest absolute Gasteiger partial charge is 0.497 e. The van der Waals surface area contributed by atoms with Gasteiger partial charge >= 0.3 is 5.69 Å². The van der Waals surface area contributed by atoms with Crippen molar-refractivity contribution in [2.45, 2.75) is 0 Å². The maximum Gasteiger partial charge on any atom is 0.335 e. The lowest BCUT2D eigenvalue weighted by molar-refractivity contribution is 0.414. The molecule has 0 atom stereocenters. The zero-order chi connectivity index (χ0) is 21.3. The average molecular weight is 406 g/mol. The topological polar surface area (TPSA) is 109 Å². The molecule has 0 saturated heterocycles. The van der Waals surface area contributed by atoms with Gasteiger partial charge in [0.05, 0.1) is 19.0 Å². The maximum absolute atomic E-state index is 13.2. The van der Waals surface area contributed by atoms with Gasteiger partial charge in [0.15, 0.2) is 0 Å². The van der Waals surface area contributed by atoms with E-state index in [1.165, 1.54) is 43.7 Å². The van der Waals surface area contributed by atoms with Crippen LogP contribution in [-0.4, -0.2) is 33.7 Å². The molecule has 150 valence electrons. The number of aromatic hydroxyl groups is 1. The van der Waals surface area contributed by atoms with Gasteiger partial charge in [-0.1, -0.05) is 0 Å². The van der Waals surface area contributed by atoms with E-state index in [1.807, 2.05) is 0 Å². The highest BCUT2D eigenvalue weighted by Gasteiger charge is 2.18. The van der Waals surface area contributed by atoms with Crippen LogP contribution in [0.4, 0.5) is 4.39 Å². The number of hydrogen-bond donors (Lipinski definition) is 2. The van der Waals surface area contributed by atoms with E-state index in [-0.39, 0.29) is 5.56 Å². The van der Waals surface area contributed by atoms with Crippen molar-refractivity contribution in [1.82, 2.24) is 9.55 Å². The van der Waals surface area contributed by atoms with E-state index in [4.69, 9.17) is 4.74 Å². The highest BCUT2D eigenvalue weighted by molar-refractivity contribution is 6.28. The van der Waals surface area contributed by atoms with Gasteiger partial charge in [0.1, 0.15) is 22.8 Å². The molecule has 8 nitrogen and oxygen atoms in total. The first-order chi connectivity index (χ1) is 14.5. The summed E-state index contributed by atoms with van der Waals surface area (Å²) in [4.78, 5) is 26.9. The third-order valence-corrected chi connectivity index (χ3v) is 4.50. The van der Waals surface area contributed by atoms with Crippen molar-refractivity contribution in [1.29, 1.82) is 0 Å². The fraction of sp³-hybridized carbons (Fsp3) is 0.0476. The molecule has 0 spiro atoms. The van der Waals surface area contributed by atoms with Crippen LogP contribution >= 0.6 is 0 Å². The predicted octanol–water partition coefficient (Wildman–Crippen LogP) is 2.25. The van der Waals surface area contributed by atoms with Crippen molar-refractivity contribution in [2.24, 2.45) is 10.2 Å². The lowest BCUT2D eigenvalue weighted by atomic mass is 10.0. The third kappa shape index (κ3) is 3.44. The van der Waals surface area contributed by atoms with E-state index < -0.39 is 22.9 Å². The van der Waals surface area contributed by atoms with Crippen molar-refractivity contribution >= 4 is 18.0 Å². The van der Waals surface area contributed by atoms with Crippen molar-refractivity contribution in [3.05, 3.63) is 91.9 Å². The van der Waals surface area contributed by atoms with Gasteiger partial charge < -0.3 is 9.84 Å². The van der Waals surface area contributed by atoms with Gasteiger partial charge in [-0.05, 0) is 54.6 Å². The van der Waals surface area contributed by atoms with Crippen LogP contribution in [0.2, 0.25) is 0 Å². The number of nitrogens with one attached hydrogen (secondary N) is 1. The van der Waals surface area contributed by atoms with Gasteiger partial charge in [-0.2, -0.15) is 5.10 Å². The number of methoxy groups -OCH3 is 1. The van der Waals surface area contributed by atoms with Crippen molar-refractivity contribution in [2.75, 3.05) is 7.11 Å². The van der Waals surface area contributed by atoms with Crippen LogP contribution in [0.25, 0.3) is 11.8 Å². The van der Waals surface area contributed by atoms with Crippen LogP contribution in [-0.2, 0) is 0 Å². The zero-order valence-electron chi connectivity index (χ0n) is 15.7. The van der Waals surface area contributed by atoms with E-state index in [9.17, 15) is 19.1 Å². The zero-order valence-corrected chi connectivity index (χ0v) is 15.7. The molecule has 0 amide bonds. The van der Waals surface area contributed by atoms with Gasteiger partial charge in [0.2, 0.25) is 5.88 Å². The monoisotopic (exact) mass is 406 g/mol. The molecule has 0 saturated carbocycles. The summed E-state index contributed by atoms with van der Waals surface area (Å²) >= 11 is 0. The molecule has 3 aromatic rings. The molecule has 9 heteroatoms. The molecule has 2 aromatic carbocycles. The molecule has 2 N–H and O–H groups in total. The minimum Gasteiger partial charge on any atom is -0.497 e. The summed E-state index contributed by atoms with van der Waals surface area (Å²) in [5, 5.41) is 18.6. The molecule has 2 heterocycles. The van der Waals surface area contributed by atoms with Crippen LogP contribution in [0.15, 0.2) is 73.9 Å². The molecule has 1 aliphatic heterocycles. The summed E-state index contributed by atoms with van der Waals surface area (Å²) in [6, 6.07) is 12.0. The lowest BCUT2D eigenvalue weighted by Crippen LogP contribution is -2.30. The first-order valence-corrected chi connectivity index (χ1v) is 8.79. The minimum atomic E-state index is -0.794. The molecule has 0 aliphatic carbocycles. The summed E-state index contributed by atoms with van der Waals surface area (Å²) in [6.45, 7) is 0. The molecule has 0 bridgehead atoms. The highest BCUT2D eigenvalue weighted by atomic mass is 19.1. The lowest BCUT2D eigenvalue weighted by Gasteiger charge is -2.11. The predicted molar refractivity (Wildman–Crippen MR) is 110 cm³/mol. The van der Waals surface area contributed by atoms with Gasteiger partial charge in [-0.3, -0.25) is 9.78 Å². The van der Waals surface area contributed by atoms with Crippen LogP contribution < -0.4 is 16.0 Å². The molecule has 30 heavy (non-hydrogen) atoms. The number of aromatic nitrogens is 2. The van der Waals surface area contributed by atoms with E-state index in [2.05, 4.69) is 15.2 Å².